The normalized spacial score (nSPS) is 16.2. The van der Waals surface area contributed by atoms with Gasteiger partial charge in [0, 0.05) is 117 Å². The number of anilines is 3. The number of nitrogens with zero attached hydrogens (tertiary/aromatic N) is 4. The maximum Gasteiger partial charge on any atom is 0.264 e. The number of pyridine rings is 2. The molecule has 0 radical (unpaired) electrons. The molecule has 2 aromatic carbocycles. The van der Waals surface area contributed by atoms with Crippen molar-refractivity contribution in [3.05, 3.63) is 104 Å². The van der Waals surface area contributed by atoms with Crippen LogP contribution in [0, 0.1) is 19.3 Å². The van der Waals surface area contributed by atoms with Crippen molar-refractivity contribution in [3.8, 4) is 11.1 Å². The monoisotopic (exact) mass is 927 g/mol. The maximum absolute atomic E-state index is 13.7. The molecular weight excluding hydrogens is 867 g/mol. The number of aromatic amines is 1. The second kappa shape index (κ2) is 22.1. The SMILES string of the molecule is Cc1cc(C)c(CNC(=O)c2cc(-c3ccc(N4CCN(CCC(=O)NCCCCCCNc5cccc6c5C(=O)N(C5CCC(=O)NC5=O)C6=O)CC4)nc3)cc(NC(C)C)c2C=N)c(=O)[nH]1. The van der Waals surface area contributed by atoms with Gasteiger partial charge < -0.3 is 36.6 Å². The lowest BCUT2D eigenvalue weighted by Crippen LogP contribution is -2.54. The van der Waals surface area contributed by atoms with Gasteiger partial charge in [0.2, 0.25) is 17.7 Å². The molecule has 3 aliphatic rings. The predicted molar refractivity (Wildman–Crippen MR) is 260 cm³/mol. The molecule has 0 saturated carbocycles. The Balaban J connectivity index is 0.814. The van der Waals surface area contributed by atoms with Gasteiger partial charge in [0.05, 0.1) is 16.7 Å². The molecule has 18 heteroatoms. The van der Waals surface area contributed by atoms with E-state index in [-0.39, 0.29) is 48.0 Å². The van der Waals surface area contributed by atoms with Gasteiger partial charge in [-0.1, -0.05) is 18.9 Å². The first-order chi connectivity index (χ1) is 32.7. The summed E-state index contributed by atoms with van der Waals surface area (Å²) in [5.74, 6) is -1.66. The predicted octanol–water partition coefficient (Wildman–Crippen LogP) is 4.50. The molecule has 7 N–H and O–H groups in total. The van der Waals surface area contributed by atoms with E-state index >= 15 is 0 Å². The molecule has 2 fully saturated rings. The number of unbranched alkanes of at least 4 members (excludes halogenated alkanes) is 3. The van der Waals surface area contributed by atoms with E-state index < -0.39 is 35.6 Å². The van der Waals surface area contributed by atoms with Gasteiger partial charge in [-0.25, -0.2) is 4.98 Å². The van der Waals surface area contributed by atoms with E-state index in [0.717, 1.165) is 85.0 Å². The van der Waals surface area contributed by atoms with Crippen LogP contribution in [0.2, 0.25) is 0 Å². The fourth-order valence-electron chi connectivity index (χ4n) is 8.97. The molecule has 68 heavy (non-hydrogen) atoms. The average Bonchev–Trinajstić information content (AvgIpc) is 3.57. The third-order valence-corrected chi connectivity index (χ3v) is 12.6. The zero-order chi connectivity index (χ0) is 48.5. The number of imide groups is 2. The van der Waals surface area contributed by atoms with Crippen molar-refractivity contribution in [3.63, 3.8) is 0 Å². The lowest BCUT2D eigenvalue weighted by Gasteiger charge is -2.35. The quantitative estimate of drug-likeness (QED) is 0.0368. The number of amides is 6. The number of aromatic nitrogens is 2. The second-order valence-corrected chi connectivity index (χ2v) is 17.9. The first-order valence-corrected chi connectivity index (χ1v) is 23.4. The van der Waals surface area contributed by atoms with Crippen molar-refractivity contribution in [2.45, 2.75) is 91.3 Å². The summed E-state index contributed by atoms with van der Waals surface area (Å²) in [5.41, 5.74) is 5.79. The fraction of sp³-hybridized carbons (Fsp3) is 0.420. The maximum atomic E-state index is 13.7. The van der Waals surface area contributed by atoms with Gasteiger partial charge in [0.25, 0.3) is 23.3 Å². The highest BCUT2D eigenvalue weighted by molar-refractivity contribution is 6.25. The van der Waals surface area contributed by atoms with E-state index in [2.05, 4.69) is 41.4 Å². The summed E-state index contributed by atoms with van der Waals surface area (Å²) in [6.07, 6.45) is 7.03. The van der Waals surface area contributed by atoms with Gasteiger partial charge in [-0.2, -0.15) is 0 Å². The molecule has 1 atom stereocenters. The lowest BCUT2D eigenvalue weighted by molar-refractivity contribution is -0.136. The second-order valence-electron chi connectivity index (χ2n) is 17.9. The Bertz CT molecular complexity index is 2640. The number of carbonyl (C=O) groups is 6. The topological polar surface area (TPSA) is 242 Å². The van der Waals surface area contributed by atoms with Crippen LogP contribution in [0.25, 0.3) is 11.1 Å². The minimum atomic E-state index is -1.01. The molecule has 6 amide bonds. The Morgan fingerprint density at radius 2 is 1.65 bits per heavy atom. The lowest BCUT2D eigenvalue weighted by atomic mass is 9.97. The summed E-state index contributed by atoms with van der Waals surface area (Å²) in [7, 11) is 0. The van der Waals surface area contributed by atoms with Crippen molar-refractivity contribution >= 4 is 58.9 Å². The van der Waals surface area contributed by atoms with Crippen LogP contribution < -0.4 is 37.0 Å². The van der Waals surface area contributed by atoms with Gasteiger partial charge in [-0.05, 0) is 101 Å². The first-order valence-electron chi connectivity index (χ1n) is 23.4. The first kappa shape index (κ1) is 48.7. The van der Waals surface area contributed by atoms with Crippen LogP contribution in [0.1, 0.15) is 112 Å². The summed E-state index contributed by atoms with van der Waals surface area (Å²) in [6, 6.07) is 13.6. The molecule has 7 rings (SSSR count). The number of hydrogen-bond donors (Lipinski definition) is 7. The molecular formula is C50H61N11O7. The fourth-order valence-corrected chi connectivity index (χ4v) is 8.97. The molecule has 18 nitrogen and oxygen atoms in total. The number of carbonyl (C=O) groups excluding carboxylic acids is 6. The summed E-state index contributed by atoms with van der Waals surface area (Å²) in [4.78, 5) is 102. The van der Waals surface area contributed by atoms with Crippen LogP contribution in [-0.2, 0) is 20.9 Å². The van der Waals surface area contributed by atoms with E-state index in [1.807, 2.05) is 52.0 Å². The zero-order valence-corrected chi connectivity index (χ0v) is 39.2. The zero-order valence-electron chi connectivity index (χ0n) is 39.2. The minimum Gasteiger partial charge on any atom is -0.384 e. The molecule has 0 spiro atoms. The van der Waals surface area contributed by atoms with Crippen LogP contribution in [0.4, 0.5) is 17.2 Å². The van der Waals surface area contributed by atoms with E-state index in [1.54, 1.807) is 30.5 Å². The summed E-state index contributed by atoms with van der Waals surface area (Å²) in [6.45, 7) is 12.6. The number of nitrogens with one attached hydrogen (secondary N) is 7. The number of hydrogen-bond acceptors (Lipinski definition) is 13. The number of rotatable bonds is 20. The molecule has 4 aromatic rings. The largest absolute Gasteiger partial charge is 0.384 e. The van der Waals surface area contributed by atoms with Crippen LogP contribution in [0.15, 0.2) is 59.5 Å². The number of piperidine rings is 1. The molecule has 358 valence electrons. The van der Waals surface area contributed by atoms with E-state index in [4.69, 9.17) is 10.4 Å². The number of fused-ring (bicyclic) bond motifs is 1. The highest BCUT2D eigenvalue weighted by Crippen LogP contribution is 2.33. The van der Waals surface area contributed by atoms with E-state index in [0.29, 0.717) is 54.1 Å². The summed E-state index contributed by atoms with van der Waals surface area (Å²) in [5, 5.41) is 23.0. The Morgan fingerprint density at radius 3 is 2.34 bits per heavy atom. The third kappa shape index (κ3) is 11.5. The summed E-state index contributed by atoms with van der Waals surface area (Å²) >= 11 is 0. The van der Waals surface area contributed by atoms with Crippen molar-refractivity contribution in [2.75, 3.05) is 61.3 Å². The number of piperazine rings is 1. The number of benzene rings is 2. The average molecular weight is 928 g/mol. The van der Waals surface area contributed by atoms with Gasteiger partial charge >= 0.3 is 0 Å². The Morgan fingerprint density at radius 1 is 0.882 bits per heavy atom. The molecule has 0 aliphatic carbocycles. The Kier molecular flexibility index (Phi) is 15.8. The van der Waals surface area contributed by atoms with Crippen molar-refractivity contribution in [1.29, 1.82) is 5.41 Å². The van der Waals surface area contributed by atoms with Crippen LogP contribution >= 0.6 is 0 Å². The smallest absolute Gasteiger partial charge is 0.264 e. The van der Waals surface area contributed by atoms with Crippen LogP contribution in [0.5, 0.6) is 0 Å². The molecule has 0 bridgehead atoms. The van der Waals surface area contributed by atoms with Crippen molar-refractivity contribution in [2.24, 2.45) is 0 Å². The standard InChI is InChI=1S/C50H61N11O7/c1-30(2)56-40-26-34(25-36(37(40)27-51)46(64)55-29-38-31(3)24-32(4)57-47(38)65)33-12-14-42(54-28-33)60-22-20-59(21-23-60)19-16-43(62)53-18-8-6-5-7-17-52-39-11-9-10-35-45(39)50(68)61(49(35)67)41-13-15-44(63)58-48(41)66/h9-12,14,24-28,30,41,51-52,56H,5-8,13,15-23,29H2,1-4H3,(H,53,62)(H,55,64)(H,57,65)(H,58,63,66). The Hall–Kier alpha value is -7.21. The van der Waals surface area contributed by atoms with Crippen molar-refractivity contribution < 1.29 is 28.8 Å². The van der Waals surface area contributed by atoms with Gasteiger partial charge in [-0.3, -0.25) is 48.7 Å². The molecule has 1 unspecified atom stereocenters. The van der Waals surface area contributed by atoms with Gasteiger partial charge in [-0.15, -0.1) is 0 Å². The van der Waals surface area contributed by atoms with Gasteiger partial charge in [0.1, 0.15) is 11.9 Å². The molecule has 2 saturated heterocycles. The van der Waals surface area contributed by atoms with Gasteiger partial charge in [0.15, 0.2) is 0 Å². The van der Waals surface area contributed by atoms with Crippen molar-refractivity contribution in [1.82, 2.24) is 35.7 Å². The molecule has 3 aliphatic heterocycles. The van der Waals surface area contributed by atoms with E-state index in [9.17, 15) is 33.6 Å². The minimum absolute atomic E-state index is 0.0208. The molecule has 2 aromatic heterocycles. The van der Waals surface area contributed by atoms with Crippen LogP contribution in [-0.4, -0.2) is 119 Å². The Labute approximate surface area is 395 Å². The third-order valence-electron chi connectivity index (χ3n) is 12.6. The van der Waals surface area contributed by atoms with E-state index in [1.165, 1.54) is 6.21 Å². The number of H-pyrrole nitrogens is 1. The molecule has 5 heterocycles. The van der Waals surface area contributed by atoms with Crippen LogP contribution in [0.3, 0.4) is 0 Å². The number of aryl methyl sites for hydroxylation is 2. The summed E-state index contributed by atoms with van der Waals surface area (Å²) < 4.78 is 0. The highest BCUT2D eigenvalue weighted by Gasteiger charge is 2.45. The highest BCUT2D eigenvalue weighted by atomic mass is 16.2.